The molecule has 5 saturated heterocycles. The lowest BCUT2D eigenvalue weighted by Gasteiger charge is -2.55. The van der Waals surface area contributed by atoms with E-state index in [1.807, 2.05) is 13.8 Å². The number of carbonyl (C=O) groups is 1. The quantitative estimate of drug-likeness (QED) is 0.231. The van der Waals surface area contributed by atoms with Gasteiger partial charge in [0.2, 0.25) is 0 Å². The van der Waals surface area contributed by atoms with E-state index in [-0.39, 0.29) is 96.2 Å². The summed E-state index contributed by atoms with van der Waals surface area (Å²) in [6, 6.07) is 0. The Hall–Kier alpha value is -0.930. The van der Waals surface area contributed by atoms with Crippen molar-refractivity contribution in [1.29, 1.82) is 0 Å². The van der Waals surface area contributed by atoms with E-state index in [1.165, 1.54) is 0 Å². The van der Waals surface area contributed by atoms with E-state index in [4.69, 9.17) is 37.9 Å². The number of ether oxygens (including phenoxy) is 8. The molecule has 56 heavy (non-hydrogen) atoms. The monoisotopic (exact) mass is 797 g/mol. The highest BCUT2D eigenvalue weighted by molar-refractivity contribution is 5.71. The number of hydrogen-bond acceptors (Lipinski definition) is 11. The van der Waals surface area contributed by atoms with E-state index < -0.39 is 40.3 Å². The topological polar surface area (TPSA) is 152 Å². The highest BCUT2D eigenvalue weighted by atomic mass is 16.7. The van der Waals surface area contributed by atoms with Crippen LogP contribution in [0.2, 0.25) is 0 Å². The van der Waals surface area contributed by atoms with E-state index in [1.54, 1.807) is 35.2 Å². The van der Waals surface area contributed by atoms with Crippen molar-refractivity contribution in [3.8, 4) is 0 Å². The molecular weight excluding hydrogens is 720 g/mol. The molecule has 0 unspecified atom stereocenters. The van der Waals surface area contributed by atoms with Crippen LogP contribution in [-0.4, -0.2) is 120 Å². The highest BCUT2D eigenvalue weighted by Gasteiger charge is 2.63. The normalized spacial score (nSPS) is 55.0. The van der Waals surface area contributed by atoms with Gasteiger partial charge in [0, 0.05) is 57.8 Å². The minimum Gasteiger partial charge on any atom is -0.481 e. The molecule has 6 rings (SSSR count). The van der Waals surface area contributed by atoms with Crippen molar-refractivity contribution in [2.75, 3.05) is 21.3 Å². The Bertz CT molecular complexity index is 1400. The van der Waals surface area contributed by atoms with Gasteiger partial charge in [-0.15, -0.1) is 0 Å². The lowest BCUT2D eigenvalue weighted by molar-refractivity contribution is -0.338. The largest absolute Gasteiger partial charge is 0.481 e. The van der Waals surface area contributed by atoms with Crippen molar-refractivity contribution in [3.63, 3.8) is 0 Å². The van der Waals surface area contributed by atoms with E-state index in [9.17, 15) is 20.1 Å². The molecule has 1 spiro atoms. The molecule has 1 aliphatic carbocycles. The maximum absolute atomic E-state index is 12.3. The minimum atomic E-state index is -1.43. The molecule has 0 radical (unpaired) electrons. The van der Waals surface area contributed by atoms with Crippen LogP contribution in [0.5, 0.6) is 0 Å². The van der Waals surface area contributed by atoms with Gasteiger partial charge in [-0.2, -0.15) is 0 Å². The first-order valence-corrected chi connectivity index (χ1v) is 21.7. The zero-order valence-corrected chi connectivity index (χ0v) is 36.8. The molecule has 0 bridgehead atoms. The number of hydrogen-bond donors (Lipinski definition) is 3. The molecule has 12 nitrogen and oxygen atoms in total. The Labute approximate surface area is 336 Å². The van der Waals surface area contributed by atoms with Crippen LogP contribution in [-0.2, 0) is 42.7 Å². The second-order valence-corrected chi connectivity index (χ2v) is 20.1. The zero-order valence-electron chi connectivity index (χ0n) is 36.8. The molecule has 6 fully saturated rings. The summed E-state index contributed by atoms with van der Waals surface area (Å²) < 4.78 is 52.8. The molecule has 0 aromatic rings. The Morgan fingerprint density at radius 1 is 0.768 bits per heavy atom. The van der Waals surface area contributed by atoms with Gasteiger partial charge in [0.15, 0.2) is 11.6 Å². The van der Waals surface area contributed by atoms with E-state index in [0.717, 1.165) is 25.7 Å². The molecule has 6 aliphatic rings. The van der Waals surface area contributed by atoms with E-state index in [0.29, 0.717) is 19.3 Å². The molecule has 0 aromatic carbocycles. The molecule has 22 atom stereocenters. The first kappa shape index (κ1) is 44.6. The van der Waals surface area contributed by atoms with Gasteiger partial charge in [0.25, 0.3) is 0 Å². The Balaban J connectivity index is 1.17. The fourth-order valence-corrected chi connectivity index (χ4v) is 12.9. The summed E-state index contributed by atoms with van der Waals surface area (Å²) in [5, 5.41) is 33.3. The lowest BCUT2D eigenvalue weighted by Crippen LogP contribution is -2.61. The number of carboxylic acids is 1. The summed E-state index contributed by atoms with van der Waals surface area (Å²) in [6.45, 7) is 22.4. The van der Waals surface area contributed by atoms with Crippen molar-refractivity contribution in [1.82, 2.24) is 0 Å². The average molecular weight is 797 g/mol. The summed E-state index contributed by atoms with van der Waals surface area (Å²) in [6.07, 6.45) is 3.22. The van der Waals surface area contributed by atoms with Gasteiger partial charge in [0.1, 0.15) is 0 Å². The van der Waals surface area contributed by atoms with Crippen LogP contribution in [0.1, 0.15) is 121 Å². The third kappa shape index (κ3) is 7.44. The van der Waals surface area contributed by atoms with Gasteiger partial charge in [-0.3, -0.25) is 4.79 Å². The highest BCUT2D eigenvalue weighted by Crippen LogP contribution is 2.56. The van der Waals surface area contributed by atoms with Crippen molar-refractivity contribution >= 4 is 5.97 Å². The molecule has 0 aromatic heterocycles. The zero-order chi connectivity index (χ0) is 41.5. The van der Waals surface area contributed by atoms with Crippen LogP contribution in [0.3, 0.4) is 0 Å². The predicted octanol–water partition coefficient (Wildman–Crippen LogP) is 6.21. The standard InChI is InChI=1S/C44H76O12/c1-22-19-31(37-26(5)36(51-14)27(6)42(11,47)54-37)52-38(22)41(10)16-15-33(53-41)40(9)17-18-43(56-40)21-32(49-12)25(4)34(55-43)23(2)30-20-44(48,29(8)39(45)46)28(7)35(50-13)24(30)3/h22-38,47-48H,15-21H2,1-14H3,(H,45,46)/t22-,23-,24-,25+,26-,27+,28+,29+,30+,31+,32-,33+,34+,35-,36-,37-,38+,40-,41-,42-,43+,44-/m0/s1. The van der Waals surface area contributed by atoms with E-state index >= 15 is 0 Å². The minimum absolute atomic E-state index is 0.0375. The predicted molar refractivity (Wildman–Crippen MR) is 209 cm³/mol. The molecule has 0 amide bonds. The molecule has 5 aliphatic heterocycles. The lowest BCUT2D eigenvalue weighted by atomic mass is 9.57. The maximum Gasteiger partial charge on any atom is 0.309 e. The van der Waals surface area contributed by atoms with Gasteiger partial charge in [-0.25, -0.2) is 0 Å². The first-order chi connectivity index (χ1) is 26.0. The summed E-state index contributed by atoms with van der Waals surface area (Å²) >= 11 is 0. The number of methoxy groups -OCH3 is 3. The number of carboxylic acid groups (broad SMARTS) is 1. The van der Waals surface area contributed by atoms with Crippen molar-refractivity contribution < 1.29 is 58.0 Å². The summed E-state index contributed by atoms with van der Waals surface area (Å²) in [5.74, 6) is -4.43. The fourth-order valence-electron chi connectivity index (χ4n) is 12.9. The maximum atomic E-state index is 12.3. The van der Waals surface area contributed by atoms with Gasteiger partial charge in [-0.05, 0) is 83.5 Å². The Kier molecular flexibility index (Phi) is 12.6. The van der Waals surface area contributed by atoms with Gasteiger partial charge in [0.05, 0.1) is 71.6 Å². The SMILES string of the molecule is CO[C@H]1[C@@H](C)[C@@H]([C@H](C)[C@H]2O[C@@]3(CC[C@@](C)([C@H]4CC[C@@](C)([C@@H]5O[C@@H]([C@H]6O[C@](C)(O)[C@H](C)[C@@H](OC)[C@@H]6C)C[C@@H]5C)O4)O3)C[C@H](OC)[C@H]2C)C[C@@](O)([C@H](C)C(=O)O)[C@@H]1C. The Morgan fingerprint density at radius 3 is 2.02 bits per heavy atom. The van der Waals surface area contributed by atoms with Crippen LogP contribution in [0.25, 0.3) is 0 Å². The second kappa shape index (κ2) is 15.8. The molecule has 324 valence electrons. The summed E-state index contributed by atoms with van der Waals surface area (Å²) in [7, 11) is 5.11. The van der Waals surface area contributed by atoms with Crippen molar-refractivity contribution in [2.45, 2.75) is 198 Å². The van der Waals surface area contributed by atoms with Crippen molar-refractivity contribution in [2.24, 2.45) is 53.3 Å². The summed E-state index contributed by atoms with van der Waals surface area (Å²) in [5.41, 5.74) is -2.56. The first-order valence-electron chi connectivity index (χ1n) is 21.7. The van der Waals surface area contributed by atoms with E-state index in [2.05, 4.69) is 48.5 Å². The molecule has 1 saturated carbocycles. The van der Waals surface area contributed by atoms with Crippen LogP contribution >= 0.6 is 0 Å². The van der Waals surface area contributed by atoms with Gasteiger partial charge >= 0.3 is 5.97 Å². The average Bonchev–Trinajstić information content (AvgIpc) is 3.84. The smallest absolute Gasteiger partial charge is 0.309 e. The summed E-state index contributed by atoms with van der Waals surface area (Å²) in [4.78, 5) is 12.3. The molecular formula is C44H76O12. The van der Waals surface area contributed by atoms with Crippen LogP contribution in [0.4, 0.5) is 0 Å². The molecule has 3 N–H and O–H groups in total. The molecule has 5 heterocycles. The van der Waals surface area contributed by atoms with Crippen molar-refractivity contribution in [3.05, 3.63) is 0 Å². The number of rotatable bonds is 10. The third-order valence-electron chi connectivity index (χ3n) is 16.7. The number of aliphatic hydroxyl groups is 2. The number of aliphatic carboxylic acids is 1. The van der Waals surface area contributed by atoms with Gasteiger partial charge in [-0.1, -0.05) is 48.5 Å². The van der Waals surface area contributed by atoms with Crippen LogP contribution in [0, 0.1) is 53.3 Å². The second-order valence-electron chi connectivity index (χ2n) is 20.1. The molecule has 12 heteroatoms. The Morgan fingerprint density at radius 2 is 1.41 bits per heavy atom. The fraction of sp³-hybridized carbons (Fsp3) is 0.977. The van der Waals surface area contributed by atoms with Crippen LogP contribution < -0.4 is 0 Å². The third-order valence-corrected chi connectivity index (χ3v) is 16.7. The van der Waals surface area contributed by atoms with Gasteiger partial charge < -0.3 is 53.2 Å². The van der Waals surface area contributed by atoms with Crippen LogP contribution in [0.15, 0.2) is 0 Å².